The van der Waals surface area contributed by atoms with E-state index in [-0.39, 0.29) is 11.7 Å². The predicted octanol–water partition coefficient (Wildman–Crippen LogP) is 2.55. The van der Waals surface area contributed by atoms with E-state index in [1.165, 1.54) is 6.33 Å². The number of nitrogens with one attached hydrogen (secondary N) is 3. The van der Waals surface area contributed by atoms with E-state index in [0.717, 1.165) is 21.2 Å². The first-order valence-corrected chi connectivity index (χ1v) is 7.42. The van der Waals surface area contributed by atoms with E-state index in [2.05, 4.69) is 30.7 Å². The number of benzene rings is 1. The summed E-state index contributed by atoms with van der Waals surface area (Å²) in [5.41, 5.74) is 2.65. The van der Waals surface area contributed by atoms with E-state index in [1.807, 2.05) is 38.1 Å². The number of para-hydroxylation sites is 1. The third-order valence-corrected chi connectivity index (χ3v) is 4.42. The monoisotopic (exact) mass is 314 g/mol. The zero-order valence-corrected chi connectivity index (χ0v) is 12.9. The molecule has 0 spiro atoms. The van der Waals surface area contributed by atoms with Crippen LogP contribution in [-0.4, -0.2) is 31.3 Å². The van der Waals surface area contributed by atoms with Crippen LogP contribution in [0, 0.1) is 13.8 Å². The smallest absolute Gasteiger partial charge is 0.293 e. The Morgan fingerprint density at radius 2 is 2.05 bits per heavy atom. The quantitative estimate of drug-likeness (QED) is 0.687. The third kappa shape index (κ3) is 2.86. The first kappa shape index (κ1) is 14.3. The van der Waals surface area contributed by atoms with Gasteiger partial charge in [-0.15, -0.1) is 0 Å². The molecular formula is C14H14N6OS. The van der Waals surface area contributed by atoms with Crippen LogP contribution in [0.2, 0.25) is 0 Å². The molecule has 0 aliphatic heterocycles. The van der Waals surface area contributed by atoms with Gasteiger partial charge in [-0.1, -0.05) is 23.9 Å². The first-order chi connectivity index (χ1) is 10.6. The number of carbonyl (C=O) groups excluding carboxylic acids is 1. The Morgan fingerprint density at radius 3 is 2.73 bits per heavy atom. The number of aryl methyl sites for hydroxylation is 2. The van der Waals surface area contributed by atoms with Crippen LogP contribution in [0.3, 0.4) is 0 Å². The van der Waals surface area contributed by atoms with Gasteiger partial charge in [0.05, 0.1) is 16.3 Å². The minimum absolute atomic E-state index is 0.176. The van der Waals surface area contributed by atoms with Gasteiger partial charge in [-0.3, -0.25) is 15.0 Å². The maximum Gasteiger partial charge on any atom is 0.293 e. The molecule has 0 radical (unpaired) electrons. The molecular weight excluding hydrogens is 300 g/mol. The van der Waals surface area contributed by atoms with Crippen LogP contribution in [0.4, 0.5) is 5.69 Å². The molecule has 2 aromatic heterocycles. The molecule has 0 unspecified atom stereocenters. The summed E-state index contributed by atoms with van der Waals surface area (Å²) < 4.78 is 0. The maximum absolute atomic E-state index is 12.1. The van der Waals surface area contributed by atoms with Gasteiger partial charge in [0, 0.05) is 10.6 Å². The van der Waals surface area contributed by atoms with Crippen molar-refractivity contribution in [3.8, 4) is 0 Å². The van der Waals surface area contributed by atoms with Crippen molar-refractivity contribution >= 4 is 23.4 Å². The molecule has 0 bridgehead atoms. The molecule has 0 saturated carbocycles. The Bertz CT molecular complexity index is 776. The van der Waals surface area contributed by atoms with E-state index in [9.17, 15) is 4.79 Å². The number of rotatable bonds is 4. The van der Waals surface area contributed by atoms with Crippen molar-refractivity contribution < 1.29 is 4.79 Å². The number of H-pyrrole nitrogens is 2. The fraction of sp³-hybridized carbons (Fsp3) is 0.143. The Balaban J connectivity index is 1.86. The second-order valence-electron chi connectivity index (χ2n) is 4.65. The maximum atomic E-state index is 12.1. The lowest BCUT2D eigenvalue weighted by atomic mass is 10.3. The zero-order valence-electron chi connectivity index (χ0n) is 12.0. The summed E-state index contributed by atoms with van der Waals surface area (Å²) in [6.07, 6.45) is 1.30. The van der Waals surface area contributed by atoms with Crippen molar-refractivity contribution in [3.05, 3.63) is 47.8 Å². The summed E-state index contributed by atoms with van der Waals surface area (Å²) in [5.74, 6) is -0.151. The second kappa shape index (κ2) is 6.02. The number of hydrogen-bond acceptors (Lipinski definition) is 5. The van der Waals surface area contributed by atoms with E-state index in [4.69, 9.17) is 0 Å². The minimum Gasteiger partial charge on any atom is -0.318 e. The number of aromatic amines is 2. The Labute approximate surface area is 130 Å². The fourth-order valence-corrected chi connectivity index (χ4v) is 2.94. The van der Waals surface area contributed by atoms with Gasteiger partial charge in [0.2, 0.25) is 5.82 Å². The van der Waals surface area contributed by atoms with Gasteiger partial charge in [-0.2, -0.15) is 10.2 Å². The van der Waals surface area contributed by atoms with Gasteiger partial charge in [0.1, 0.15) is 6.33 Å². The van der Waals surface area contributed by atoms with Crippen LogP contribution in [0.15, 0.2) is 40.4 Å². The van der Waals surface area contributed by atoms with E-state index in [1.54, 1.807) is 11.8 Å². The van der Waals surface area contributed by atoms with Crippen LogP contribution in [0.5, 0.6) is 0 Å². The van der Waals surface area contributed by atoms with Gasteiger partial charge in [-0.25, -0.2) is 4.98 Å². The second-order valence-corrected chi connectivity index (χ2v) is 5.70. The molecule has 8 heteroatoms. The number of carbonyl (C=O) groups is 1. The normalized spacial score (nSPS) is 10.6. The lowest BCUT2D eigenvalue weighted by Gasteiger charge is -2.09. The predicted molar refractivity (Wildman–Crippen MR) is 83.0 cm³/mol. The van der Waals surface area contributed by atoms with Crippen molar-refractivity contribution in [3.63, 3.8) is 0 Å². The number of aromatic nitrogens is 5. The Hall–Kier alpha value is -2.61. The molecule has 0 aliphatic carbocycles. The Morgan fingerprint density at radius 1 is 1.23 bits per heavy atom. The molecule has 2 heterocycles. The molecule has 3 rings (SSSR count). The summed E-state index contributed by atoms with van der Waals surface area (Å²) in [6, 6.07) is 7.60. The highest BCUT2D eigenvalue weighted by Crippen LogP contribution is 2.36. The number of anilines is 1. The van der Waals surface area contributed by atoms with Gasteiger partial charge < -0.3 is 5.32 Å². The lowest BCUT2D eigenvalue weighted by Crippen LogP contribution is -2.14. The van der Waals surface area contributed by atoms with Gasteiger partial charge >= 0.3 is 0 Å². The number of nitrogens with zero attached hydrogens (tertiary/aromatic N) is 3. The summed E-state index contributed by atoms with van der Waals surface area (Å²) in [6.45, 7) is 3.92. The summed E-state index contributed by atoms with van der Waals surface area (Å²) in [4.78, 5) is 17.9. The van der Waals surface area contributed by atoms with Crippen LogP contribution < -0.4 is 5.32 Å². The molecule has 0 atom stereocenters. The molecule has 0 aliphatic rings. The van der Waals surface area contributed by atoms with E-state index < -0.39 is 0 Å². The van der Waals surface area contributed by atoms with Gasteiger partial charge in [0.25, 0.3) is 5.91 Å². The SMILES string of the molecule is Cc1n[nH]c(C)c1Sc1ccccc1NC(=O)c1ncn[nH]1. The molecule has 1 amide bonds. The standard InChI is InChI=1S/C14H14N6OS/c1-8-12(9(2)19-18-8)22-11-6-4-3-5-10(11)17-14(21)13-15-7-16-20-13/h3-7H,1-2H3,(H,17,21)(H,18,19)(H,15,16,20). The van der Waals surface area contributed by atoms with E-state index >= 15 is 0 Å². The summed E-state index contributed by atoms with van der Waals surface area (Å²) in [5, 5.41) is 16.2. The topological polar surface area (TPSA) is 99.3 Å². The molecule has 112 valence electrons. The lowest BCUT2D eigenvalue weighted by molar-refractivity contribution is 0.101. The average molecular weight is 314 g/mol. The van der Waals surface area contributed by atoms with Crippen molar-refractivity contribution in [2.45, 2.75) is 23.6 Å². The molecule has 7 nitrogen and oxygen atoms in total. The van der Waals surface area contributed by atoms with Crippen molar-refractivity contribution in [1.29, 1.82) is 0 Å². The molecule has 3 N–H and O–H groups in total. The van der Waals surface area contributed by atoms with Gasteiger partial charge in [0.15, 0.2) is 0 Å². The molecule has 3 aromatic rings. The van der Waals surface area contributed by atoms with Gasteiger partial charge in [-0.05, 0) is 26.0 Å². The zero-order chi connectivity index (χ0) is 15.5. The van der Waals surface area contributed by atoms with E-state index in [0.29, 0.717) is 5.69 Å². The minimum atomic E-state index is -0.328. The first-order valence-electron chi connectivity index (χ1n) is 6.60. The van der Waals surface area contributed by atoms with Crippen molar-refractivity contribution in [2.24, 2.45) is 0 Å². The number of amides is 1. The van der Waals surface area contributed by atoms with Crippen molar-refractivity contribution in [1.82, 2.24) is 25.4 Å². The van der Waals surface area contributed by atoms with Crippen LogP contribution >= 0.6 is 11.8 Å². The average Bonchev–Trinajstić information content (AvgIpc) is 3.14. The molecule has 0 fully saturated rings. The molecule has 1 aromatic carbocycles. The highest BCUT2D eigenvalue weighted by molar-refractivity contribution is 7.99. The summed E-state index contributed by atoms with van der Waals surface area (Å²) in [7, 11) is 0. The number of hydrogen-bond donors (Lipinski definition) is 3. The molecule has 22 heavy (non-hydrogen) atoms. The van der Waals surface area contributed by atoms with Crippen molar-refractivity contribution in [2.75, 3.05) is 5.32 Å². The Kier molecular flexibility index (Phi) is 3.92. The summed E-state index contributed by atoms with van der Waals surface area (Å²) >= 11 is 1.56. The largest absolute Gasteiger partial charge is 0.318 e. The van der Waals surface area contributed by atoms with Crippen LogP contribution in [0.1, 0.15) is 22.0 Å². The third-order valence-electron chi connectivity index (χ3n) is 3.04. The molecule has 0 saturated heterocycles. The van der Waals surface area contributed by atoms with Crippen LogP contribution in [-0.2, 0) is 0 Å². The highest BCUT2D eigenvalue weighted by Gasteiger charge is 2.14. The van der Waals surface area contributed by atoms with Crippen LogP contribution in [0.25, 0.3) is 0 Å². The fourth-order valence-electron chi connectivity index (χ4n) is 1.96. The highest BCUT2D eigenvalue weighted by atomic mass is 32.2.